The summed E-state index contributed by atoms with van der Waals surface area (Å²) in [5.41, 5.74) is 6.33. The zero-order valence-electron chi connectivity index (χ0n) is 10.5. The summed E-state index contributed by atoms with van der Waals surface area (Å²) in [5.74, 6) is 0.536. The molecule has 0 aliphatic carbocycles. The molecule has 1 rings (SSSR count). The summed E-state index contributed by atoms with van der Waals surface area (Å²) in [6.45, 7) is 4.17. The molecule has 0 fully saturated rings. The first-order chi connectivity index (χ1) is 7.91. The van der Waals surface area contributed by atoms with Gasteiger partial charge in [-0.2, -0.15) is 0 Å². The van der Waals surface area contributed by atoms with Crippen molar-refractivity contribution in [3.05, 3.63) is 33.9 Å². The van der Waals surface area contributed by atoms with Crippen molar-refractivity contribution >= 4 is 18.1 Å². The van der Waals surface area contributed by atoms with Gasteiger partial charge in [0.05, 0.1) is 4.92 Å². The second-order valence-corrected chi connectivity index (χ2v) is 4.58. The summed E-state index contributed by atoms with van der Waals surface area (Å²) in [5, 5.41) is 20.3. The minimum Gasteiger partial charge on any atom is -0.508 e. The van der Waals surface area contributed by atoms with Crippen molar-refractivity contribution in [3.8, 4) is 5.75 Å². The number of nitro groups is 1. The van der Waals surface area contributed by atoms with Crippen molar-refractivity contribution in [1.29, 1.82) is 0 Å². The lowest BCUT2D eigenvalue weighted by atomic mass is 9.97. The fraction of sp³-hybridized carbons (Fsp3) is 0.500. The lowest BCUT2D eigenvalue weighted by Crippen LogP contribution is -2.11. The number of phenolic OH excluding ortho intramolecular Hbond substituents is 1. The highest BCUT2D eigenvalue weighted by Crippen LogP contribution is 2.30. The molecule has 1 atom stereocenters. The number of nitrogens with zero attached hydrogens (tertiary/aromatic N) is 1. The number of nitrogens with two attached hydrogens (primary N) is 1. The highest BCUT2D eigenvalue weighted by atomic mass is 35.5. The molecule has 0 spiro atoms. The predicted molar refractivity (Wildman–Crippen MR) is 73.0 cm³/mol. The van der Waals surface area contributed by atoms with E-state index in [9.17, 15) is 15.2 Å². The molecule has 5 nitrogen and oxygen atoms in total. The molecule has 102 valence electrons. The van der Waals surface area contributed by atoms with Crippen molar-refractivity contribution in [3.63, 3.8) is 0 Å². The van der Waals surface area contributed by atoms with Gasteiger partial charge in [-0.3, -0.25) is 10.1 Å². The number of non-ortho nitro benzene ring substituents is 1. The first kappa shape index (κ1) is 16.7. The highest BCUT2D eigenvalue weighted by Gasteiger charge is 2.16. The van der Waals surface area contributed by atoms with Crippen LogP contribution in [-0.2, 0) is 0 Å². The third kappa shape index (κ3) is 4.50. The molecular weight excluding hydrogens is 256 g/mol. The van der Waals surface area contributed by atoms with E-state index in [0.717, 1.165) is 6.42 Å². The third-order valence-electron chi connectivity index (χ3n) is 2.68. The Morgan fingerprint density at radius 3 is 2.50 bits per heavy atom. The largest absolute Gasteiger partial charge is 0.508 e. The van der Waals surface area contributed by atoms with Gasteiger partial charge in [-0.05, 0) is 24.8 Å². The van der Waals surface area contributed by atoms with Crippen LogP contribution in [0.15, 0.2) is 18.2 Å². The SMILES string of the molecule is CC(C)CC[C@@H](N)c1cc([N+](=O)[O-])ccc1O.Cl. The fourth-order valence-electron chi connectivity index (χ4n) is 1.62. The standard InChI is InChI=1S/C12H18N2O3.ClH/c1-8(2)3-5-11(13)10-7-9(14(16)17)4-6-12(10)15;/h4,6-8,11,15H,3,5,13H2,1-2H3;1H/t11-;/m1./s1. The maximum Gasteiger partial charge on any atom is 0.270 e. The van der Waals surface area contributed by atoms with Gasteiger partial charge in [0.2, 0.25) is 0 Å². The summed E-state index contributed by atoms with van der Waals surface area (Å²) >= 11 is 0. The quantitative estimate of drug-likeness (QED) is 0.637. The first-order valence-electron chi connectivity index (χ1n) is 5.64. The van der Waals surface area contributed by atoms with E-state index >= 15 is 0 Å². The Kier molecular flexibility index (Phi) is 6.65. The smallest absolute Gasteiger partial charge is 0.270 e. The summed E-state index contributed by atoms with van der Waals surface area (Å²) in [6.07, 6.45) is 1.62. The van der Waals surface area contributed by atoms with Crippen LogP contribution in [0.5, 0.6) is 5.75 Å². The molecule has 1 aromatic carbocycles. The van der Waals surface area contributed by atoms with Gasteiger partial charge in [0.25, 0.3) is 5.69 Å². The number of aromatic hydroxyl groups is 1. The van der Waals surface area contributed by atoms with E-state index in [0.29, 0.717) is 17.9 Å². The first-order valence-corrected chi connectivity index (χ1v) is 5.64. The van der Waals surface area contributed by atoms with Crippen molar-refractivity contribution in [2.24, 2.45) is 11.7 Å². The molecule has 0 amide bonds. The fourth-order valence-corrected chi connectivity index (χ4v) is 1.62. The molecule has 0 radical (unpaired) electrons. The van der Waals surface area contributed by atoms with Gasteiger partial charge in [0, 0.05) is 23.7 Å². The number of hydrogen-bond donors (Lipinski definition) is 2. The van der Waals surface area contributed by atoms with Crippen LogP contribution in [0.4, 0.5) is 5.69 Å². The second-order valence-electron chi connectivity index (χ2n) is 4.58. The van der Waals surface area contributed by atoms with Crippen LogP contribution in [0.25, 0.3) is 0 Å². The van der Waals surface area contributed by atoms with Gasteiger partial charge in [-0.25, -0.2) is 0 Å². The lowest BCUT2D eigenvalue weighted by molar-refractivity contribution is -0.385. The summed E-state index contributed by atoms with van der Waals surface area (Å²) < 4.78 is 0. The molecule has 0 aliphatic heterocycles. The average molecular weight is 275 g/mol. The molecule has 18 heavy (non-hydrogen) atoms. The monoisotopic (exact) mass is 274 g/mol. The van der Waals surface area contributed by atoms with E-state index < -0.39 is 4.92 Å². The van der Waals surface area contributed by atoms with E-state index in [1.807, 2.05) is 0 Å². The number of nitro benzene ring substituents is 1. The average Bonchev–Trinajstić information content (AvgIpc) is 2.26. The van der Waals surface area contributed by atoms with Gasteiger partial charge in [-0.1, -0.05) is 13.8 Å². The molecule has 0 aliphatic rings. The number of rotatable bonds is 5. The normalized spacial score (nSPS) is 12.0. The highest BCUT2D eigenvalue weighted by molar-refractivity contribution is 5.85. The Morgan fingerprint density at radius 1 is 1.39 bits per heavy atom. The number of hydrogen-bond acceptors (Lipinski definition) is 4. The van der Waals surface area contributed by atoms with Gasteiger partial charge in [0.1, 0.15) is 5.75 Å². The molecule has 0 unspecified atom stereocenters. The van der Waals surface area contributed by atoms with Crippen LogP contribution in [0.1, 0.15) is 38.3 Å². The Balaban J connectivity index is 0.00000289. The minimum atomic E-state index is -0.488. The lowest BCUT2D eigenvalue weighted by Gasteiger charge is -2.14. The van der Waals surface area contributed by atoms with Crippen LogP contribution < -0.4 is 5.73 Å². The maximum atomic E-state index is 10.6. The summed E-state index contributed by atoms with van der Waals surface area (Å²) in [7, 11) is 0. The van der Waals surface area contributed by atoms with E-state index in [1.165, 1.54) is 18.2 Å². The van der Waals surface area contributed by atoms with Crippen LogP contribution in [0.3, 0.4) is 0 Å². The molecule has 0 saturated carbocycles. The Hall–Kier alpha value is -1.33. The summed E-state index contributed by atoms with van der Waals surface area (Å²) in [6, 6.07) is 3.58. The number of halogens is 1. The van der Waals surface area contributed by atoms with Crippen molar-refractivity contribution in [1.82, 2.24) is 0 Å². The van der Waals surface area contributed by atoms with Crippen LogP contribution >= 0.6 is 12.4 Å². The summed E-state index contributed by atoms with van der Waals surface area (Å²) in [4.78, 5) is 10.1. The van der Waals surface area contributed by atoms with Gasteiger partial charge in [0.15, 0.2) is 0 Å². The minimum absolute atomic E-state index is 0. The zero-order chi connectivity index (χ0) is 13.0. The topological polar surface area (TPSA) is 89.4 Å². The van der Waals surface area contributed by atoms with Gasteiger partial charge in [-0.15, -0.1) is 12.4 Å². The number of phenols is 1. The van der Waals surface area contributed by atoms with Gasteiger partial charge < -0.3 is 10.8 Å². The van der Waals surface area contributed by atoms with Crippen molar-refractivity contribution < 1.29 is 10.0 Å². The molecule has 6 heteroatoms. The molecule has 0 saturated heterocycles. The molecular formula is C12H19ClN2O3. The predicted octanol–water partition coefficient (Wildman–Crippen LogP) is 3.16. The molecule has 1 aromatic rings. The third-order valence-corrected chi connectivity index (χ3v) is 2.68. The Labute approximate surface area is 113 Å². The zero-order valence-corrected chi connectivity index (χ0v) is 11.3. The van der Waals surface area contributed by atoms with Crippen LogP contribution in [0.2, 0.25) is 0 Å². The molecule has 3 N–H and O–H groups in total. The van der Waals surface area contributed by atoms with Crippen LogP contribution in [0, 0.1) is 16.0 Å². The van der Waals surface area contributed by atoms with E-state index in [-0.39, 0.29) is 29.9 Å². The number of benzene rings is 1. The Morgan fingerprint density at radius 2 is 2.00 bits per heavy atom. The van der Waals surface area contributed by atoms with E-state index in [2.05, 4.69) is 13.8 Å². The van der Waals surface area contributed by atoms with Crippen molar-refractivity contribution in [2.75, 3.05) is 0 Å². The van der Waals surface area contributed by atoms with Crippen LogP contribution in [-0.4, -0.2) is 10.0 Å². The Bertz CT molecular complexity index is 410. The molecule has 0 heterocycles. The van der Waals surface area contributed by atoms with Gasteiger partial charge >= 0.3 is 0 Å². The molecule has 0 bridgehead atoms. The second kappa shape index (κ2) is 7.18. The molecule has 0 aromatic heterocycles. The van der Waals surface area contributed by atoms with E-state index in [1.54, 1.807) is 0 Å². The maximum absolute atomic E-state index is 10.6. The van der Waals surface area contributed by atoms with E-state index in [4.69, 9.17) is 5.73 Å². The van der Waals surface area contributed by atoms with Crippen molar-refractivity contribution in [2.45, 2.75) is 32.7 Å².